The summed E-state index contributed by atoms with van der Waals surface area (Å²) in [6.45, 7) is 0.889. The minimum atomic E-state index is -1.59. The second-order valence-electron chi connectivity index (χ2n) is 5.90. The van der Waals surface area contributed by atoms with Crippen LogP contribution in [0.4, 0.5) is 5.13 Å². The first kappa shape index (κ1) is 24.1. The first-order valence-electron chi connectivity index (χ1n) is 8.00. The number of aromatic nitrogens is 1. The summed E-state index contributed by atoms with van der Waals surface area (Å²) in [4.78, 5) is 52.3. The number of hydrogen-bond acceptors (Lipinski definition) is 12. The third kappa shape index (κ3) is 4.62. The van der Waals surface area contributed by atoms with Gasteiger partial charge in [-0.25, -0.2) is 4.98 Å². The number of carbonyl (C=O) groups excluding carboxylic acids is 4. The van der Waals surface area contributed by atoms with Crippen molar-refractivity contribution in [1.29, 1.82) is 0 Å². The molecule has 154 valence electrons. The maximum Gasteiger partial charge on any atom is 1.00 e. The van der Waals surface area contributed by atoms with Crippen LogP contribution in [0.5, 0.6) is 0 Å². The van der Waals surface area contributed by atoms with E-state index in [1.54, 1.807) is 0 Å². The largest absolute Gasteiger partial charge is 1.00 e. The fourth-order valence-corrected chi connectivity index (χ4v) is 4.67. The van der Waals surface area contributed by atoms with E-state index >= 15 is 0 Å². The minimum absolute atomic E-state index is 0. The van der Waals surface area contributed by atoms with Crippen molar-refractivity contribution < 1.29 is 63.8 Å². The molecule has 0 aliphatic carbocycles. The molecule has 4 N–H and O–H groups in total. The predicted molar refractivity (Wildman–Crippen MR) is 98.5 cm³/mol. The number of aliphatic carboxylic acids is 1. The summed E-state index contributed by atoms with van der Waals surface area (Å²) in [5.74, 6) is -3.60. The van der Waals surface area contributed by atoms with Crippen molar-refractivity contribution in [3.05, 3.63) is 22.3 Å². The number of nitrogen functional groups attached to an aromatic ring is 1. The molecule has 1 aromatic rings. The number of thiazole rings is 1. The molecule has 15 heteroatoms. The zero-order valence-electron chi connectivity index (χ0n) is 15.8. The van der Waals surface area contributed by atoms with E-state index in [4.69, 9.17) is 15.7 Å². The number of rotatable bonds is 6. The predicted octanol–water partition coefficient (Wildman–Crippen LogP) is -5.13. The third-order valence-electron chi connectivity index (χ3n) is 4.06. The number of nitrogens with one attached hydrogen (secondary N) is 1. The fraction of sp³-hybridized carbons (Fsp3) is 0.333. The first-order valence-corrected chi connectivity index (χ1v) is 9.93. The van der Waals surface area contributed by atoms with Gasteiger partial charge < -0.3 is 30.9 Å². The van der Waals surface area contributed by atoms with Gasteiger partial charge in [0.05, 0.1) is 11.7 Å². The van der Waals surface area contributed by atoms with Gasteiger partial charge in [0.1, 0.15) is 23.7 Å². The Balaban J connectivity index is 0.00000320. The van der Waals surface area contributed by atoms with Crippen LogP contribution in [-0.4, -0.2) is 68.3 Å². The van der Waals surface area contributed by atoms with Gasteiger partial charge in [-0.05, 0) is 0 Å². The quantitative estimate of drug-likeness (QED) is 0.0919. The number of amides is 2. The van der Waals surface area contributed by atoms with Gasteiger partial charge in [0.25, 0.3) is 11.8 Å². The summed E-state index contributed by atoms with van der Waals surface area (Å²) in [7, 11) is 0. The number of carbonyl (C=O) groups is 4. The zero-order chi connectivity index (χ0) is 21.3. The second-order valence-corrected chi connectivity index (χ2v) is 7.90. The zero-order valence-corrected chi connectivity index (χ0v) is 19.4. The molecule has 3 heterocycles. The summed E-state index contributed by atoms with van der Waals surface area (Å²) in [6, 6.07) is -1.05. The third-order valence-corrected chi connectivity index (χ3v) is 6.07. The molecule has 2 aliphatic heterocycles. The van der Waals surface area contributed by atoms with Gasteiger partial charge in [-0.15, -0.1) is 23.1 Å². The van der Waals surface area contributed by atoms with Gasteiger partial charge >= 0.3 is 35.5 Å². The molecular formula is C15H14N5NaO7S2. The topological polar surface area (TPSA) is 187 Å². The van der Waals surface area contributed by atoms with Crippen LogP contribution in [0.3, 0.4) is 0 Å². The Kier molecular flexibility index (Phi) is 7.87. The van der Waals surface area contributed by atoms with Gasteiger partial charge in [0.15, 0.2) is 10.8 Å². The van der Waals surface area contributed by atoms with Crippen LogP contribution in [0.1, 0.15) is 12.6 Å². The van der Waals surface area contributed by atoms with Crippen molar-refractivity contribution in [2.45, 2.75) is 18.3 Å². The van der Waals surface area contributed by atoms with Crippen LogP contribution in [0.2, 0.25) is 0 Å². The molecule has 1 unspecified atom stereocenters. The van der Waals surface area contributed by atoms with Crippen molar-refractivity contribution in [3.8, 4) is 0 Å². The van der Waals surface area contributed by atoms with Gasteiger partial charge in [0, 0.05) is 23.6 Å². The number of ether oxygens (including phenoxy) is 1. The monoisotopic (exact) mass is 463 g/mol. The van der Waals surface area contributed by atoms with Crippen molar-refractivity contribution in [2.75, 3.05) is 18.1 Å². The average molecular weight is 463 g/mol. The molecule has 0 spiro atoms. The van der Waals surface area contributed by atoms with Crippen LogP contribution in [0.15, 0.2) is 21.8 Å². The molecule has 0 bridgehead atoms. The van der Waals surface area contributed by atoms with E-state index in [1.807, 2.05) is 0 Å². The van der Waals surface area contributed by atoms with E-state index in [0.717, 1.165) is 16.2 Å². The number of esters is 1. The molecule has 0 radical (unpaired) electrons. The SMILES string of the molecule is CC(=O)OCC1=C(C(=O)[O-])N2C(=O)C(NC(=O)C(=NO)c3csc(N)n3)[C@H]2SC1.[Na+]. The molecule has 1 aromatic heterocycles. The Morgan fingerprint density at radius 2 is 2.20 bits per heavy atom. The number of fused-ring (bicyclic) bond motifs is 1. The molecule has 2 amide bonds. The molecule has 0 aromatic carbocycles. The summed E-state index contributed by atoms with van der Waals surface area (Å²) in [5.41, 5.74) is 4.93. The number of anilines is 1. The Hall–Kier alpha value is -2.13. The summed E-state index contributed by atoms with van der Waals surface area (Å²) >= 11 is 2.22. The van der Waals surface area contributed by atoms with E-state index in [9.17, 15) is 24.3 Å². The number of hydrogen-bond donors (Lipinski definition) is 3. The maximum atomic E-state index is 12.5. The summed E-state index contributed by atoms with van der Waals surface area (Å²) in [5, 5.41) is 26.9. The van der Waals surface area contributed by atoms with Gasteiger partial charge in [-0.1, -0.05) is 5.16 Å². The molecule has 3 rings (SSSR count). The Morgan fingerprint density at radius 3 is 2.73 bits per heavy atom. The number of oxime groups is 1. The number of carboxylic acids is 1. The average Bonchev–Trinajstić information content (AvgIpc) is 3.09. The van der Waals surface area contributed by atoms with Gasteiger partial charge in [-0.2, -0.15) is 0 Å². The molecule has 30 heavy (non-hydrogen) atoms. The van der Waals surface area contributed by atoms with Crippen molar-refractivity contribution in [2.24, 2.45) is 5.16 Å². The Bertz CT molecular complexity index is 963. The van der Waals surface area contributed by atoms with Gasteiger partial charge in [0.2, 0.25) is 0 Å². The van der Waals surface area contributed by atoms with E-state index in [2.05, 4.69) is 15.5 Å². The maximum absolute atomic E-state index is 12.5. The molecule has 0 saturated carbocycles. The first-order chi connectivity index (χ1) is 13.7. The van der Waals surface area contributed by atoms with E-state index in [1.165, 1.54) is 24.1 Å². The Labute approximate surface area is 199 Å². The van der Waals surface area contributed by atoms with E-state index in [0.29, 0.717) is 0 Å². The van der Waals surface area contributed by atoms with Crippen molar-refractivity contribution in [1.82, 2.24) is 15.2 Å². The molecule has 12 nitrogen and oxygen atoms in total. The molecular weight excluding hydrogens is 449 g/mol. The molecule has 2 atom stereocenters. The standard InChI is InChI=1S/C15H15N5O7S2.Na/c1-5(21)27-2-6-3-28-13-9(12(23)20(13)10(6)14(24)25)18-11(22)8(19-26)7-4-29-15(16)17-7;/h4,9,13,26H,2-3H2,1H3,(H2,16,17)(H,18,22)(H,24,25);/q;+1/p-1/t9?,13-;/m1./s1. The minimum Gasteiger partial charge on any atom is -0.543 e. The van der Waals surface area contributed by atoms with Crippen LogP contribution in [0.25, 0.3) is 0 Å². The number of nitrogens with zero attached hydrogens (tertiary/aromatic N) is 3. The Morgan fingerprint density at radius 1 is 1.50 bits per heavy atom. The van der Waals surface area contributed by atoms with Crippen molar-refractivity contribution >= 4 is 57.7 Å². The smallest absolute Gasteiger partial charge is 0.543 e. The van der Waals surface area contributed by atoms with Crippen LogP contribution >= 0.6 is 23.1 Å². The number of thioether (sulfide) groups is 1. The summed E-state index contributed by atoms with van der Waals surface area (Å²) in [6.07, 6.45) is 0. The van der Waals surface area contributed by atoms with E-state index in [-0.39, 0.29) is 64.0 Å². The van der Waals surface area contributed by atoms with Gasteiger partial charge in [-0.3, -0.25) is 19.3 Å². The number of nitrogens with two attached hydrogens (primary N) is 1. The van der Waals surface area contributed by atoms with Crippen molar-refractivity contribution in [3.63, 3.8) is 0 Å². The fourth-order valence-electron chi connectivity index (χ4n) is 2.79. The molecule has 1 saturated heterocycles. The summed E-state index contributed by atoms with van der Waals surface area (Å²) < 4.78 is 4.82. The number of carboxylic acid groups (broad SMARTS) is 1. The second kappa shape index (κ2) is 9.78. The molecule has 2 aliphatic rings. The van der Waals surface area contributed by atoms with Crippen LogP contribution in [0, 0.1) is 0 Å². The number of β-lactam (4-membered cyclic amide) rings is 1. The van der Waals surface area contributed by atoms with E-state index < -0.39 is 40.9 Å². The molecule has 1 fully saturated rings. The van der Waals surface area contributed by atoms with Crippen LogP contribution < -0.4 is 45.7 Å². The van der Waals surface area contributed by atoms with Crippen LogP contribution in [-0.2, 0) is 23.9 Å². The normalized spacial score (nSPS) is 20.6.